The molecule has 0 saturated heterocycles. The fraction of sp³-hybridized carbons (Fsp3) is 0.0714. The van der Waals surface area contributed by atoms with Crippen LogP contribution in [0.5, 0.6) is 0 Å². The van der Waals surface area contributed by atoms with E-state index in [4.69, 9.17) is 10.2 Å². The molecule has 0 saturated carbocycles. The summed E-state index contributed by atoms with van der Waals surface area (Å²) in [5.41, 5.74) is 10.2. The number of anilines is 1. The summed E-state index contributed by atoms with van der Waals surface area (Å²) in [7, 11) is 0. The standard InChI is InChI=1S/C14H11IN2O/c1-8-6-9(2-4-11(8)15)14-17-12-7-10(16)3-5-13(12)18-14/h2-7H,16H2,1H3. The number of benzene rings is 2. The predicted molar refractivity (Wildman–Crippen MR) is 81.3 cm³/mol. The summed E-state index contributed by atoms with van der Waals surface area (Å²) in [6.45, 7) is 2.08. The lowest BCUT2D eigenvalue weighted by atomic mass is 10.1. The van der Waals surface area contributed by atoms with Gasteiger partial charge in [0.05, 0.1) is 0 Å². The van der Waals surface area contributed by atoms with Crippen LogP contribution in [0.1, 0.15) is 5.56 Å². The molecule has 0 unspecified atom stereocenters. The fourth-order valence-corrected chi connectivity index (χ4v) is 2.18. The van der Waals surface area contributed by atoms with Crippen LogP contribution in [0.3, 0.4) is 0 Å². The van der Waals surface area contributed by atoms with E-state index in [2.05, 4.69) is 46.6 Å². The summed E-state index contributed by atoms with van der Waals surface area (Å²) in [6, 6.07) is 11.6. The van der Waals surface area contributed by atoms with Crippen LogP contribution in [-0.4, -0.2) is 4.98 Å². The van der Waals surface area contributed by atoms with Gasteiger partial charge in [-0.1, -0.05) is 0 Å². The van der Waals surface area contributed by atoms with Crippen molar-refractivity contribution in [1.29, 1.82) is 0 Å². The molecule has 3 aromatic rings. The molecule has 0 fully saturated rings. The molecular formula is C14H11IN2O. The zero-order chi connectivity index (χ0) is 12.7. The quantitative estimate of drug-likeness (QED) is 0.533. The van der Waals surface area contributed by atoms with Crippen molar-refractivity contribution in [2.24, 2.45) is 0 Å². The summed E-state index contributed by atoms with van der Waals surface area (Å²) >= 11 is 2.31. The number of rotatable bonds is 1. The third-order valence-electron chi connectivity index (χ3n) is 2.82. The van der Waals surface area contributed by atoms with Crippen molar-refractivity contribution in [2.45, 2.75) is 6.92 Å². The van der Waals surface area contributed by atoms with Crippen molar-refractivity contribution in [1.82, 2.24) is 4.98 Å². The van der Waals surface area contributed by atoms with Gasteiger partial charge in [-0.05, 0) is 71.5 Å². The Morgan fingerprint density at radius 2 is 2.00 bits per heavy atom. The van der Waals surface area contributed by atoms with Gasteiger partial charge in [-0.15, -0.1) is 0 Å². The minimum atomic E-state index is 0.634. The summed E-state index contributed by atoms with van der Waals surface area (Å²) < 4.78 is 6.97. The number of halogens is 1. The van der Waals surface area contributed by atoms with Gasteiger partial charge in [0.2, 0.25) is 5.89 Å². The molecule has 0 amide bonds. The Labute approximate surface area is 118 Å². The molecule has 18 heavy (non-hydrogen) atoms. The number of hydrogen-bond donors (Lipinski definition) is 1. The summed E-state index contributed by atoms with van der Waals surface area (Å²) in [5.74, 6) is 0.634. The molecule has 2 N–H and O–H groups in total. The van der Waals surface area contributed by atoms with Gasteiger partial charge in [0, 0.05) is 14.8 Å². The minimum Gasteiger partial charge on any atom is -0.436 e. The van der Waals surface area contributed by atoms with Crippen molar-refractivity contribution >= 4 is 39.4 Å². The number of nitrogen functional groups attached to an aromatic ring is 1. The van der Waals surface area contributed by atoms with Gasteiger partial charge in [0.1, 0.15) is 5.52 Å². The van der Waals surface area contributed by atoms with Crippen LogP contribution < -0.4 is 5.73 Å². The zero-order valence-corrected chi connectivity index (χ0v) is 11.9. The first kappa shape index (κ1) is 11.5. The lowest BCUT2D eigenvalue weighted by Gasteiger charge is -1.99. The maximum Gasteiger partial charge on any atom is 0.227 e. The van der Waals surface area contributed by atoms with Gasteiger partial charge in [-0.25, -0.2) is 4.98 Å². The summed E-state index contributed by atoms with van der Waals surface area (Å²) in [6.07, 6.45) is 0. The second kappa shape index (κ2) is 4.28. The molecule has 4 heteroatoms. The second-order valence-corrected chi connectivity index (χ2v) is 5.37. The Morgan fingerprint density at radius 1 is 1.17 bits per heavy atom. The normalized spacial score (nSPS) is 11.0. The van der Waals surface area contributed by atoms with Crippen LogP contribution in [-0.2, 0) is 0 Å². The van der Waals surface area contributed by atoms with Crippen LogP contribution >= 0.6 is 22.6 Å². The summed E-state index contributed by atoms with van der Waals surface area (Å²) in [4.78, 5) is 4.47. The largest absolute Gasteiger partial charge is 0.436 e. The van der Waals surface area contributed by atoms with E-state index in [0.29, 0.717) is 11.6 Å². The third-order valence-corrected chi connectivity index (χ3v) is 4.03. The van der Waals surface area contributed by atoms with Gasteiger partial charge in [0.15, 0.2) is 5.58 Å². The highest BCUT2D eigenvalue weighted by Gasteiger charge is 2.09. The average molecular weight is 350 g/mol. The Morgan fingerprint density at radius 3 is 2.78 bits per heavy atom. The van der Waals surface area contributed by atoms with E-state index in [0.717, 1.165) is 16.7 Å². The SMILES string of the molecule is Cc1cc(-c2nc3cc(N)ccc3o2)ccc1I. The van der Waals surface area contributed by atoms with E-state index in [1.807, 2.05) is 24.3 Å². The monoisotopic (exact) mass is 350 g/mol. The van der Waals surface area contributed by atoms with E-state index in [1.165, 1.54) is 9.13 Å². The van der Waals surface area contributed by atoms with Crippen LogP contribution in [0.15, 0.2) is 40.8 Å². The zero-order valence-electron chi connectivity index (χ0n) is 9.77. The molecule has 3 nitrogen and oxygen atoms in total. The third kappa shape index (κ3) is 1.96. The van der Waals surface area contributed by atoms with Crippen LogP contribution in [0.25, 0.3) is 22.6 Å². The maximum absolute atomic E-state index is 5.73. The molecule has 0 radical (unpaired) electrons. The van der Waals surface area contributed by atoms with Crippen LogP contribution in [0, 0.1) is 10.5 Å². The van der Waals surface area contributed by atoms with Gasteiger partial charge >= 0.3 is 0 Å². The maximum atomic E-state index is 5.73. The number of oxazole rings is 1. The van der Waals surface area contributed by atoms with Crippen LogP contribution in [0.2, 0.25) is 0 Å². The van der Waals surface area contributed by atoms with E-state index in [-0.39, 0.29) is 0 Å². The highest BCUT2D eigenvalue weighted by molar-refractivity contribution is 14.1. The molecule has 0 aliphatic heterocycles. The van der Waals surface area contributed by atoms with E-state index >= 15 is 0 Å². The number of hydrogen-bond acceptors (Lipinski definition) is 3. The fourth-order valence-electron chi connectivity index (χ4n) is 1.85. The molecule has 0 aliphatic rings. The second-order valence-electron chi connectivity index (χ2n) is 4.21. The van der Waals surface area contributed by atoms with Gasteiger partial charge in [0.25, 0.3) is 0 Å². The molecule has 2 aromatic carbocycles. The van der Waals surface area contributed by atoms with E-state index < -0.39 is 0 Å². The Hall–Kier alpha value is -1.56. The van der Waals surface area contributed by atoms with Crippen molar-refractivity contribution in [3.8, 4) is 11.5 Å². The van der Waals surface area contributed by atoms with E-state index in [9.17, 15) is 0 Å². The number of nitrogens with two attached hydrogens (primary N) is 1. The van der Waals surface area contributed by atoms with Crippen molar-refractivity contribution in [3.63, 3.8) is 0 Å². The Kier molecular flexibility index (Phi) is 2.74. The first-order valence-electron chi connectivity index (χ1n) is 5.56. The molecule has 1 heterocycles. The predicted octanol–water partition coefficient (Wildman–Crippen LogP) is 3.99. The topological polar surface area (TPSA) is 52.0 Å². The molecule has 0 aliphatic carbocycles. The average Bonchev–Trinajstić information content (AvgIpc) is 2.75. The van der Waals surface area contributed by atoms with Crippen LogP contribution in [0.4, 0.5) is 5.69 Å². The molecule has 1 aromatic heterocycles. The minimum absolute atomic E-state index is 0.634. The smallest absolute Gasteiger partial charge is 0.227 e. The number of aromatic nitrogens is 1. The number of fused-ring (bicyclic) bond motifs is 1. The Bertz CT molecular complexity index is 734. The lowest BCUT2D eigenvalue weighted by molar-refractivity contribution is 0.620. The van der Waals surface area contributed by atoms with Gasteiger partial charge in [-0.2, -0.15) is 0 Å². The van der Waals surface area contributed by atoms with Crippen molar-refractivity contribution in [2.75, 3.05) is 5.73 Å². The molecule has 3 rings (SSSR count). The van der Waals surface area contributed by atoms with E-state index in [1.54, 1.807) is 0 Å². The van der Waals surface area contributed by atoms with Gasteiger partial charge < -0.3 is 10.2 Å². The molecule has 0 spiro atoms. The molecule has 0 bridgehead atoms. The van der Waals surface area contributed by atoms with Crippen molar-refractivity contribution in [3.05, 3.63) is 45.5 Å². The first-order valence-corrected chi connectivity index (χ1v) is 6.64. The molecule has 90 valence electrons. The lowest BCUT2D eigenvalue weighted by Crippen LogP contribution is -1.83. The van der Waals surface area contributed by atoms with Crippen molar-refractivity contribution < 1.29 is 4.42 Å². The number of aryl methyl sites for hydroxylation is 1. The highest BCUT2D eigenvalue weighted by Crippen LogP contribution is 2.27. The Balaban J connectivity index is 2.16. The molecular weight excluding hydrogens is 339 g/mol. The van der Waals surface area contributed by atoms with Gasteiger partial charge in [-0.3, -0.25) is 0 Å². The number of nitrogens with zero attached hydrogens (tertiary/aromatic N) is 1. The molecule has 0 atom stereocenters. The highest BCUT2D eigenvalue weighted by atomic mass is 127. The first-order chi connectivity index (χ1) is 8.63. The summed E-state index contributed by atoms with van der Waals surface area (Å²) in [5, 5.41) is 0.